The summed E-state index contributed by atoms with van der Waals surface area (Å²) in [5, 5.41) is 0. The molecule has 0 aromatic carbocycles. The fourth-order valence-corrected chi connectivity index (χ4v) is 3.47. The van der Waals surface area contributed by atoms with Gasteiger partial charge in [-0.1, -0.05) is 71.1 Å². The Morgan fingerprint density at radius 1 is 0.708 bits per heavy atom. The predicted molar refractivity (Wildman–Crippen MR) is 105 cm³/mol. The number of rotatable bonds is 15. The molecule has 0 aromatic heterocycles. The van der Waals surface area contributed by atoms with Gasteiger partial charge < -0.3 is 9.80 Å². The minimum atomic E-state index is 0.477. The highest BCUT2D eigenvalue weighted by Gasteiger charge is 2.14. The van der Waals surface area contributed by atoms with E-state index in [4.69, 9.17) is 0 Å². The molecule has 1 fully saturated rings. The van der Waals surface area contributed by atoms with Gasteiger partial charge in [0, 0.05) is 45.6 Å². The van der Waals surface area contributed by atoms with Crippen molar-refractivity contribution in [3.63, 3.8) is 0 Å². The number of piperazine rings is 1. The Balaban J connectivity index is 1.81. The van der Waals surface area contributed by atoms with Crippen LogP contribution in [0.2, 0.25) is 0 Å². The summed E-state index contributed by atoms with van der Waals surface area (Å²) in [6.45, 7) is 7.80. The first-order valence-corrected chi connectivity index (χ1v) is 10.6. The molecule has 0 aliphatic carbocycles. The molecule has 0 unspecified atom stereocenters. The molecule has 3 nitrogen and oxygen atoms in total. The van der Waals surface area contributed by atoms with Crippen LogP contribution in [-0.4, -0.2) is 55.4 Å². The topological polar surface area (TPSA) is 23.6 Å². The molecule has 24 heavy (non-hydrogen) atoms. The van der Waals surface area contributed by atoms with Gasteiger partial charge in [0.05, 0.1) is 0 Å². The number of unbranched alkanes of at least 4 members (excludes halogenated alkanes) is 10. The molecule has 142 valence electrons. The third-order valence-corrected chi connectivity index (χ3v) is 5.36. The molecule has 0 spiro atoms. The van der Waals surface area contributed by atoms with Crippen LogP contribution in [0.3, 0.4) is 0 Å². The van der Waals surface area contributed by atoms with Crippen molar-refractivity contribution >= 4 is 5.78 Å². The summed E-state index contributed by atoms with van der Waals surface area (Å²) in [7, 11) is 2.18. The lowest BCUT2D eigenvalue weighted by Crippen LogP contribution is -2.45. The molecule has 0 saturated carbocycles. The Labute approximate surface area is 151 Å². The first kappa shape index (κ1) is 21.6. The highest BCUT2D eigenvalue weighted by Crippen LogP contribution is 2.12. The smallest absolute Gasteiger partial charge is 0.134 e. The fraction of sp³-hybridized carbons (Fsp3) is 0.952. The monoisotopic (exact) mass is 338 g/mol. The van der Waals surface area contributed by atoms with E-state index < -0.39 is 0 Å². The van der Waals surface area contributed by atoms with E-state index in [2.05, 4.69) is 23.8 Å². The Morgan fingerprint density at radius 2 is 1.21 bits per heavy atom. The molecule has 0 bridgehead atoms. The molecule has 1 saturated heterocycles. The van der Waals surface area contributed by atoms with Gasteiger partial charge in [0.25, 0.3) is 0 Å². The average Bonchev–Trinajstić information content (AvgIpc) is 2.59. The molecular weight excluding hydrogens is 296 g/mol. The molecule has 1 heterocycles. The van der Waals surface area contributed by atoms with Crippen molar-refractivity contribution in [3.05, 3.63) is 0 Å². The maximum atomic E-state index is 12.0. The first-order valence-electron chi connectivity index (χ1n) is 10.6. The van der Waals surface area contributed by atoms with E-state index in [1.54, 1.807) is 0 Å². The number of Topliss-reactive ketones (excluding diaryl/α,β-unsaturated/α-hetero) is 1. The lowest BCUT2D eigenvalue weighted by molar-refractivity contribution is -0.119. The molecule has 0 aromatic rings. The SMILES string of the molecule is CCCCCCCCCCCCCC(=O)CCN1CCN(C)CC1. The van der Waals surface area contributed by atoms with Crippen LogP contribution in [0, 0.1) is 0 Å². The van der Waals surface area contributed by atoms with Crippen molar-refractivity contribution in [1.82, 2.24) is 9.80 Å². The molecule has 1 rings (SSSR count). The summed E-state index contributed by atoms with van der Waals surface area (Å²) in [5.41, 5.74) is 0. The van der Waals surface area contributed by atoms with Crippen molar-refractivity contribution in [3.8, 4) is 0 Å². The van der Waals surface area contributed by atoms with Crippen molar-refractivity contribution in [2.75, 3.05) is 39.8 Å². The summed E-state index contributed by atoms with van der Waals surface area (Å²) in [6, 6.07) is 0. The minimum Gasteiger partial charge on any atom is -0.304 e. The maximum Gasteiger partial charge on any atom is 0.134 e. The fourth-order valence-electron chi connectivity index (χ4n) is 3.47. The zero-order valence-corrected chi connectivity index (χ0v) is 16.5. The summed E-state index contributed by atoms with van der Waals surface area (Å²) >= 11 is 0. The lowest BCUT2D eigenvalue weighted by atomic mass is 10.0. The molecule has 3 heteroatoms. The van der Waals surface area contributed by atoms with Gasteiger partial charge in [-0.05, 0) is 13.5 Å². The van der Waals surface area contributed by atoms with E-state index in [-0.39, 0.29) is 0 Å². The van der Waals surface area contributed by atoms with E-state index in [0.717, 1.165) is 52.0 Å². The summed E-state index contributed by atoms with van der Waals surface area (Å²) < 4.78 is 0. The molecule has 1 aliphatic rings. The van der Waals surface area contributed by atoms with Crippen LogP contribution in [0.1, 0.15) is 90.4 Å². The third-order valence-electron chi connectivity index (χ3n) is 5.36. The molecule has 0 atom stereocenters. The standard InChI is InChI=1S/C21H42N2O/c1-3-4-5-6-7-8-9-10-11-12-13-14-21(24)15-16-23-19-17-22(2)18-20-23/h3-20H2,1-2H3. The van der Waals surface area contributed by atoms with E-state index in [1.165, 1.54) is 64.2 Å². The van der Waals surface area contributed by atoms with Gasteiger partial charge in [-0.3, -0.25) is 4.79 Å². The third kappa shape index (κ3) is 12.0. The number of carbonyl (C=O) groups excluding carboxylic acids is 1. The number of hydrogen-bond donors (Lipinski definition) is 0. The second-order valence-corrected chi connectivity index (χ2v) is 7.72. The Bertz CT molecular complexity index is 298. The number of hydrogen-bond acceptors (Lipinski definition) is 3. The predicted octanol–water partition coefficient (Wildman–Crippen LogP) is 4.89. The van der Waals surface area contributed by atoms with Crippen molar-refractivity contribution < 1.29 is 4.79 Å². The normalized spacial score (nSPS) is 16.6. The summed E-state index contributed by atoms with van der Waals surface area (Å²) in [6.07, 6.45) is 16.4. The van der Waals surface area contributed by atoms with Gasteiger partial charge in [0.1, 0.15) is 5.78 Å². The molecule has 0 amide bonds. The van der Waals surface area contributed by atoms with Crippen LogP contribution in [0.25, 0.3) is 0 Å². The maximum absolute atomic E-state index is 12.0. The lowest BCUT2D eigenvalue weighted by Gasteiger charge is -2.32. The van der Waals surface area contributed by atoms with Crippen molar-refractivity contribution in [2.24, 2.45) is 0 Å². The van der Waals surface area contributed by atoms with Crippen molar-refractivity contribution in [1.29, 1.82) is 0 Å². The van der Waals surface area contributed by atoms with Gasteiger partial charge in [0.15, 0.2) is 0 Å². The van der Waals surface area contributed by atoms with Gasteiger partial charge in [-0.15, -0.1) is 0 Å². The van der Waals surface area contributed by atoms with Gasteiger partial charge in [-0.25, -0.2) is 0 Å². The summed E-state index contributed by atoms with van der Waals surface area (Å²) in [4.78, 5) is 16.8. The number of nitrogens with zero attached hydrogens (tertiary/aromatic N) is 2. The number of ketones is 1. The van der Waals surface area contributed by atoms with Crippen LogP contribution in [-0.2, 0) is 4.79 Å². The molecular formula is C21H42N2O. The zero-order valence-electron chi connectivity index (χ0n) is 16.5. The first-order chi connectivity index (χ1) is 11.7. The van der Waals surface area contributed by atoms with E-state index in [9.17, 15) is 4.79 Å². The van der Waals surface area contributed by atoms with Crippen LogP contribution in [0.4, 0.5) is 0 Å². The van der Waals surface area contributed by atoms with Crippen LogP contribution < -0.4 is 0 Å². The molecule has 1 aliphatic heterocycles. The Hall–Kier alpha value is -0.410. The van der Waals surface area contributed by atoms with Gasteiger partial charge in [-0.2, -0.15) is 0 Å². The average molecular weight is 339 g/mol. The second-order valence-electron chi connectivity index (χ2n) is 7.72. The number of carbonyl (C=O) groups is 1. The van der Waals surface area contributed by atoms with Crippen LogP contribution in [0.15, 0.2) is 0 Å². The highest BCUT2D eigenvalue weighted by molar-refractivity contribution is 5.78. The van der Waals surface area contributed by atoms with E-state index >= 15 is 0 Å². The molecule has 0 N–H and O–H groups in total. The Morgan fingerprint density at radius 3 is 1.75 bits per heavy atom. The number of likely N-dealkylation sites (N-methyl/N-ethyl adjacent to an activating group) is 1. The van der Waals surface area contributed by atoms with Gasteiger partial charge in [0.2, 0.25) is 0 Å². The quantitative estimate of drug-likeness (QED) is 0.397. The van der Waals surface area contributed by atoms with E-state index in [1.807, 2.05) is 0 Å². The zero-order chi connectivity index (χ0) is 17.5. The second kappa shape index (κ2) is 14.9. The van der Waals surface area contributed by atoms with E-state index in [0.29, 0.717) is 5.78 Å². The van der Waals surface area contributed by atoms with Crippen LogP contribution >= 0.6 is 0 Å². The summed E-state index contributed by atoms with van der Waals surface area (Å²) in [5.74, 6) is 0.477. The van der Waals surface area contributed by atoms with Crippen LogP contribution in [0.5, 0.6) is 0 Å². The van der Waals surface area contributed by atoms with Crippen molar-refractivity contribution in [2.45, 2.75) is 90.4 Å². The minimum absolute atomic E-state index is 0.477. The van der Waals surface area contributed by atoms with Gasteiger partial charge >= 0.3 is 0 Å². The largest absolute Gasteiger partial charge is 0.304 e. The highest BCUT2D eigenvalue weighted by atomic mass is 16.1. The molecule has 0 radical (unpaired) electrons. The Kier molecular flexibility index (Phi) is 13.4.